The SMILES string of the molecule is CCc1n[nH]c(=S)n1/N=C\c1ccc(/C=N\n2c(CC)n[nH]c2=S)cc1. The molecule has 3 rings (SSSR count). The Morgan fingerprint density at radius 1 is 0.846 bits per heavy atom. The molecule has 2 N–H and O–H groups in total. The van der Waals surface area contributed by atoms with Crippen molar-refractivity contribution in [3.8, 4) is 0 Å². The van der Waals surface area contributed by atoms with E-state index in [0.29, 0.717) is 9.54 Å². The van der Waals surface area contributed by atoms with Crippen molar-refractivity contribution in [3.63, 3.8) is 0 Å². The molecule has 134 valence electrons. The summed E-state index contributed by atoms with van der Waals surface area (Å²) in [5, 5.41) is 22.5. The molecule has 0 radical (unpaired) electrons. The molecule has 0 spiro atoms. The van der Waals surface area contributed by atoms with Gasteiger partial charge in [0.05, 0.1) is 12.4 Å². The molecule has 0 amide bonds. The summed E-state index contributed by atoms with van der Waals surface area (Å²) in [6, 6.07) is 7.82. The summed E-state index contributed by atoms with van der Waals surface area (Å²) >= 11 is 10.4. The Balaban J connectivity index is 1.76. The zero-order chi connectivity index (χ0) is 18.5. The lowest BCUT2D eigenvalue weighted by atomic mass is 10.2. The molecule has 26 heavy (non-hydrogen) atoms. The van der Waals surface area contributed by atoms with E-state index in [1.165, 1.54) is 0 Å². The monoisotopic (exact) mass is 386 g/mol. The highest BCUT2D eigenvalue weighted by Crippen LogP contribution is 2.04. The summed E-state index contributed by atoms with van der Waals surface area (Å²) in [7, 11) is 0. The van der Waals surface area contributed by atoms with Crippen LogP contribution < -0.4 is 0 Å². The first-order valence-corrected chi connectivity index (χ1v) is 8.95. The lowest BCUT2D eigenvalue weighted by Crippen LogP contribution is -1.98. The minimum atomic E-state index is 0.477. The zero-order valence-corrected chi connectivity index (χ0v) is 16.0. The number of benzene rings is 1. The van der Waals surface area contributed by atoms with Crippen LogP contribution >= 0.6 is 24.4 Å². The standard InChI is InChI=1S/C16H18N8S2/c1-3-13-19-21-15(25)23(13)17-9-11-5-7-12(8-6-11)10-18-24-14(4-2)20-22-16(24)26/h5-10H,3-4H2,1-2H3,(H,21,25)(H,22,26)/b17-9-,18-10-. The van der Waals surface area contributed by atoms with Crippen molar-refractivity contribution >= 4 is 36.9 Å². The molecular weight excluding hydrogens is 368 g/mol. The van der Waals surface area contributed by atoms with Crippen LogP contribution in [0.3, 0.4) is 0 Å². The van der Waals surface area contributed by atoms with Crippen molar-refractivity contribution in [2.75, 3.05) is 0 Å². The fraction of sp³-hybridized carbons (Fsp3) is 0.250. The van der Waals surface area contributed by atoms with Crippen LogP contribution in [0.1, 0.15) is 36.6 Å². The molecule has 0 aliphatic rings. The van der Waals surface area contributed by atoms with Gasteiger partial charge in [0.1, 0.15) is 0 Å². The summed E-state index contributed by atoms with van der Waals surface area (Å²) < 4.78 is 4.20. The molecule has 8 nitrogen and oxygen atoms in total. The van der Waals surface area contributed by atoms with Gasteiger partial charge >= 0.3 is 0 Å². The predicted molar refractivity (Wildman–Crippen MR) is 106 cm³/mol. The Bertz CT molecular complexity index is 964. The van der Waals surface area contributed by atoms with Crippen molar-refractivity contribution < 1.29 is 0 Å². The zero-order valence-electron chi connectivity index (χ0n) is 14.4. The number of H-pyrrole nitrogens is 2. The number of hydrogen-bond acceptors (Lipinski definition) is 6. The Morgan fingerprint density at radius 2 is 1.23 bits per heavy atom. The molecule has 3 aromatic rings. The summed E-state index contributed by atoms with van der Waals surface area (Å²) in [6.07, 6.45) is 4.98. The number of nitrogens with one attached hydrogen (secondary N) is 2. The predicted octanol–water partition coefficient (Wildman–Crippen LogP) is 3.08. The highest BCUT2D eigenvalue weighted by molar-refractivity contribution is 7.71. The minimum absolute atomic E-state index is 0.477. The molecule has 0 saturated carbocycles. The average Bonchev–Trinajstić information content (AvgIpc) is 3.20. The summed E-state index contributed by atoms with van der Waals surface area (Å²) in [6.45, 7) is 4.00. The summed E-state index contributed by atoms with van der Waals surface area (Å²) in [5.41, 5.74) is 1.89. The third kappa shape index (κ3) is 3.92. The van der Waals surface area contributed by atoms with Crippen molar-refractivity contribution in [3.05, 3.63) is 56.6 Å². The van der Waals surface area contributed by atoms with E-state index >= 15 is 0 Å². The summed E-state index contributed by atoms with van der Waals surface area (Å²) in [4.78, 5) is 0. The first kappa shape index (κ1) is 18.1. The number of nitrogens with zero attached hydrogens (tertiary/aromatic N) is 6. The van der Waals surface area contributed by atoms with Crippen LogP contribution in [-0.4, -0.2) is 42.2 Å². The second-order valence-corrected chi connectivity index (χ2v) is 6.15. The number of rotatable bonds is 6. The number of aryl methyl sites for hydroxylation is 2. The Morgan fingerprint density at radius 3 is 1.58 bits per heavy atom. The molecule has 2 aromatic heterocycles. The fourth-order valence-corrected chi connectivity index (χ4v) is 2.66. The van der Waals surface area contributed by atoms with Gasteiger partial charge in [-0.1, -0.05) is 38.1 Å². The Labute approximate surface area is 160 Å². The fourth-order valence-electron chi connectivity index (χ4n) is 2.26. The quantitative estimate of drug-likeness (QED) is 0.503. The lowest BCUT2D eigenvalue weighted by Gasteiger charge is -1.99. The van der Waals surface area contributed by atoms with Gasteiger partial charge in [0.2, 0.25) is 9.54 Å². The molecule has 0 unspecified atom stereocenters. The first-order valence-electron chi connectivity index (χ1n) is 8.13. The molecule has 10 heteroatoms. The van der Waals surface area contributed by atoms with Gasteiger partial charge in [-0.25, -0.2) is 0 Å². The Hall–Kier alpha value is -2.72. The van der Waals surface area contributed by atoms with Gasteiger partial charge < -0.3 is 0 Å². The van der Waals surface area contributed by atoms with Crippen molar-refractivity contribution in [2.24, 2.45) is 10.2 Å². The van der Waals surface area contributed by atoms with Crippen LogP contribution in [0.4, 0.5) is 0 Å². The van der Waals surface area contributed by atoms with E-state index in [0.717, 1.165) is 35.6 Å². The summed E-state index contributed by atoms with van der Waals surface area (Å²) in [5.74, 6) is 1.58. The van der Waals surface area contributed by atoms with Gasteiger partial charge in [0.15, 0.2) is 11.6 Å². The van der Waals surface area contributed by atoms with Gasteiger partial charge in [0.25, 0.3) is 0 Å². The van der Waals surface area contributed by atoms with E-state index in [4.69, 9.17) is 24.4 Å². The molecule has 0 saturated heterocycles. The normalized spacial score (nSPS) is 11.8. The third-order valence-corrected chi connectivity index (χ3v) is 4.18. The maximum atomic E-state index is 5.18. The van der Waals surface area contributed by atoms with Crippen LogP contribution in [0.2, 0.25) is 0 Å². The van der Waals surface area contributed by atoms with Gasteiger partial charge in [-0.2, -0.15) is 29.8 Å². The highest BCUT2D eigenvalue weighted by Gasteiger charge is 2.02. The topological polar surface area (TPSA) is 91.9 Å². The highest BCUT2D eigenvalue weighted by atomic mass is 32.1. The van der Waals surface area contributed by atoms with Crippen LogP contribution in [0.25, 0.3) is 0 Å². The maximum absolute atomic E-state index is 5.18. The van der Waals surface area contributed by atoms with E-state index in [9.17, 15) is 0 Å². The van der Waals surface area contributed by atoms with E-state index in [1.54, 1.807) is 21.8 Å². The molecule has 1 aromatic carbocycles. The van der Waals surface area contributed by atoms with E-state index in [1.807, 2.05) is 38.1 Å². The number of hydrogen-bond donors (Lipinski definition) is 2. The van der Waals surface area contributed by atoms with E-state index in [-0.39, 0.29) is 0 Å². The second-order valence-electron chi connectivity index (χ2n) is 5.38. The van der Waals surface area contributed by atoms with Crippen molar-refractivity contribution in [2.45, 2.75) is 26.7 Å². The van der Waals surface area contributed by atoms with Crippen molar-refractivity contribution in [1.82, 2.24) is 29.7 Å². The number of aromatic amines is 2. The van der Waals surface area contributed by atoms with Crippen LogP contribution in [0.15, 0.2) is 34.5 Å². The molecule has 0 bridgehead atoms. The molecule has 0 aliphatic carbocycles. The first-order chi connectivity index (χ1) is 12.6. The smallest absolute Gasteiger partial charge is 0.216 e. The second kappa shape index (κ2) is 8.11. The van der Waals surface area contributed by atoms with Crippen LogP contribution in [-0.2, 0) is 12.8 Å². The largest absolute Gasteiger partial charge is 0.250 e. The van der Waals surface area contributed by atoms with Gasteiger partial charge in [-0.15, -0.1) is 0 Å². The Kier molecular flexibility index (Phi) is 5.64. The molecule has 0 atom stereocenters. The molecular formula is C16H18N8S2. The van der Waals surface area contributed by atoms with Gasteiger partial charge in [-0.05, 0) is 35.6 Å². The van der Waals surface area contributed by atoms with Crippen LogP contribution in [0, 0.1) is 9.54 Å². The third-order valence-electron chi connectivity index (χ3n) is 3.65. The van der Waals surface area contributed by atoms with Gasteiger partial charge in [0, 0.05) is 12.8 Å². The molecule has 2 heterocycles. The molecule has 0 fully saturated rings. The lowest BCUT2D eigenvalue weighted by molar-refractivity contribution is 0.780. The van der Waals surface area contributed by atoms with Crippen LogP contribution in [0.5, 0.6) is 0 Å². The average molecular weight is 387 g/mol. The van der Waals surface area contributed by atoms with Crippen molar-refractivity contribution in [1.29, 1.82) is 0 Å². The molecule has 0 aliphatic heterocycles. The van der Waals surface area contributed by atoms with Gasteiger partial charge in [-0.3, -0.25) is 10.2 Å². The maximum Gasteiger partial charge on any atom is 0.216 e. The van der Waals surface area contributed by atoms with E-state index < -0.39 is 0 Å². The minimum Gasteiger partial charge on any atom is -0.250 e. The van der Waals surface area contributed by atoms with E-state index in [2.05, 4.69) is 30.6 Å². The number of aromatic nitrogens is 6.